The van der Waals surface area contributed by atoms with Gasteiger partial charge in [0.15, 0.2) is 12.6 Å². The second-order valence-electron chi connectivity index (χ2n) is 37.5. The van der Waals surface area contributed by atoms with Gasteiger partial charge in [-0.05, 0) is 150 Å². The van der Waals surface area contributed by atoms with E-state index in [1.54, 1.807) is 120 Å². The minimum absolute atomic E-state index is 0.0693. The van der Waals surface area contributed by atoms with E-state index in [1.165, 1.54) is 57.7 Å². The van der Waals surface area contributed by atoms with E-state index in [-0.39, 0.29) is 150 Å². The molecule has 15 rings (SSSR count). The molecule has 8 atom stereocenters. The summed E-state index contributed by atoms with van der Waals surface area (Å²) in [5.41, 5.74) is 31.1. The number of methoxy groups -OCH3 is 4. The van der Waals surface area contributed by atoms with Crippen molar-refractivity contribution >= 4 is 132 Å². The Morgan fingerprint density at radius 1 is 0.430 bits per heavy atom. The molecule has 8 aromatic heterocycles. The van der Waals surface area contributed by atoms with E-state index in [2.05, 4.69) is 102 Å². The lowest BCUT2D eigenvalue weighted by atomic mass is 10.1. The number of hydrogen-bond donors (Lipinski definition) is 10. The number of carbonyl (C=O) groups is 8. The number of rotatable bonds is 45. The van der Waals surface area contributed by atoms with Crippen molar-refractivity contribution in [3.8, 4) is 23.0 Å². The number of nitrogens with zero attached hydrogens (tertiary/aromatic N) is 16. The molecular weight excluding hydrogens is 1960 g/mol. The van der Waals surface area contributed by atoms with Crippen LogP contribution in [0.2, 0.25) is 22.2 Å². The van der Waals surface area contributed by atoms with Crippen molar-refractivity contribution < 1.29 is 109 Å². The number of benzene rings is 4. The summed E-state index contributed by atoms with van der Waals surface area (Å²) in [5, 5.41) is 49.6. The highest BCUT2D eigenvalue weighted by molar-refractivity contribution is 6.84. The van der Waals surface area contributed by atoms with E-state index in [1.807, 2.05) is 39.8 Å². The van der Waals surface area contributed by atoms with Crippen molar-refractivity contribution in [1.29, 1.82) is 0 Å². The average molecular weight is 2100 g/mol. The summed E-state index contributed by atoms with van der Waals surface area (Å²) in [6, 6.07) is 18.8. The van der Waals surface area contributed by atoms with Crippen LogP contribution in [0.1, 0.15) is 202 Å². The number of carbonyl (C=O) groups excluding carboxylic acids is 8. The van der Waals surface area contributed by atoms with Crippen molar-refractivity contribution in [3.63, 3.8) is 0 Å². The van der Waals surface area contributed by atoms with Gasteiger partial charge in [0.1, 0.15) is 104 Å². The molecule has 3 aliphatic heterocycles. The number of aliphatic hydroxyl groups excluding tert-OH is 2. The number of primary amides is 4. The molecule has 4 aromatic carbocycles. The van der Waals surface area contributed by atoms with Gasteiger partial charge in [0.2, 0.25) is 47.4 Å². The molecule has 0 radical (unpaired) electrons. The first-order valence-electron chi connectivity index (χ1n) is 49.5. The number of aryl methyl sites for hydroxylation is 8. The number of aliphatic hydroxyl groups is 2. The molecule has 0 saturated carbocycles. The van der Waals surface area contributed by atoms with Crippen LogP contribution in [0.4, 0.5) is 23.8 Å². The minimum Gasteiger partial charge on any atom is -0.494 e. The SMILES string of the molecule is CCn1nc(C)cc1C(=O)Nc1nc2cc(C(N)=O)cc(OC)c2n1C/C=C/Cn1c(NC(=O)c2cc(C)nn2CC)nc2cc(C(N)=O)cc(OCCCOC3[C@H](OC)O[C@@H]4CO[Si](C(C)C)(C(C)C)O[Si](C(C)C)(C(C)C)O[C@@H]34)c21.CCn1nc(C)cc1C(=O)Nc1nc2cc(C(N)=O)cc(OC)c2n1C/C=C/Cn1c(NC(=O)c2cc(C)nn2CC)nc2cc(C(N)=O)cc(OCCCO[C@H]3[C@H](OC)O[C@H](CO)[C@H]3O)c21. The number of amides is 8. The normalized spacial score (nSPS) is 18.2. The molecule has 1 unspecified atom stereocenters. The summed E-state index contributed by atoms with van der Waals surface area (Å²) in [5.74, 6) is -3.04. The molecular formula is C100H134N24O23Si2. The largest absolute Gasteiger partial charge is 0.494 e. The van der Waals surface area contributed by atoms with Crippen LogP contribution in [0.25, 0.3) is 44.1 Å². The third-order valence-electron chi connectivity index (χ3n) is 26.2. The number of fused-ring (bicyclic) bond motifs is 5. The summed E-state index contributed by atoms with van der Waals surface area (Å²) in [7, 11) is 0.0557. The quantitative estimate of drug-likeness (QED) is 0.00963. The number of nitrogens with two attached hydrogens (primary N) is 4. The smallest absolute Gasteiger partial charge is 0.335 e. The monoisotopic (exact) mass is 2090 g/mol. The highest BCUT2D eigenvalue weighted by Crippen LogP contribution is 2.49. The molecule has 49 heteroatoms. The predicted molar refractivity (Wildman–Crippen MR) is 555 cm³/mol. The van der Waals surface area contributed by atoms with Crippen LogP contribution in [-0.2, 0) is 93.7 Å². The zero-order valence-corrected chi connectivity index (χ0v) is 89.4. The maximum atomic E-state index is 14.1. The lowest BCUT2D eigenvalue weighted by Crippen LogP contribution is -2.66. The summed E-state index contributed by atoms with van der Waals surface area (Å²) in [6.07, 6.45) is 1.91. The Labute approximate surface area is 861 Å². The van der Waals surface area contributed by atoms with Gasteiger partial charge in [-0.3, -0.25) is 78.4 Å². The highest BCUT2D eigenvalue weighted by atomic mass is 28.5. The Morgan fingerprint density at radius 2 is 0.732 bits per heavy atom. The Kier molecular flexibility index (Phi) is 35.4. The Bertz CT molecular complexity index is 6980. The van der Waals surface area contributed by atoms with Crippen molar-refractivity contribution in [2.75, 3.05) is 89.3 Å². The number of allylic oxidation sites excluding steroid dienone is 4. The molecule has 14 N–H and O–H groups in total. The average Bonchev–Trinajstić information content (AvgIpc) is 1.74. The number of nitrogens with one attached hydrogen (secondary N) is 4. The lowest BCUT2D eigenvalue weighted by Gasteiger charge is -2.51. The van der Waals surface area contributed by atoms with Gasteiger partial charge in [0.05, 0.1) is 98.7 Å². The maximum Gasteiger partial charge on any atom is 0.335 e. The third-order valence-corrected chi connectivity index (χ3v) is 36.4. The molecule has 12 aromatic rings. The van der Waals surface area contributed by atoms with Crippen LogP contribution in [0, 0.1) is 27.7 Å². The standard InChI is InChI=1S/C56H80N12O12Si2.C44H54N12O11/c1-15-67-41(24-35(11)63-67)52(71)61-55-59-39-26-37(50(57)69)28-43(73-13)46(39)65(55)20-17-18-21-66-47-40(60-56(66)62-53(72)42-25-36(12)64-68(42)16-2)27-38(51(58)70)29-44(47)75-22-19-23-76-49-48-45(78-54(49)74-14)30-77-81(31(3)4,32(5)6)80-82(79-48,33(7)8)34(9)10;1-7-55-29(16-23(3)51-55)40(61)49-43-47-27-18-25(38(45)59)20-31(63-5)34(27)53(43)12-9-10-13-54-35-28(48-44(54)50-41(62)30-17-24(4)52-56(30)8-2)19-26(39(46)60)21-32(35)65-14-11-15-66-37-36(58)33(22-57)67-42(37)64-6/h17-18,24-29,31-34,45,48-49,54H,15-16,19-23,30H2,1-14H3,(H2,57,69)(H2,58,70)(H,59,61,71)(H,60,62,72);9-10,16-21,33,36-37,42,57-58H,7-8,11-15,22H2,1-6H3,(H2,45,59)(H2,46,60)(H,47,49,61)(H,48,50,62)/b18-17+;10-9+/t45-,48-,49?,54-;33-,36-,37-,42-/m11/s1. The topological polar surface area (TPSA) is 592 Å². The number of imidazole rings is 4. The first-order valence-corrected chi connectivity index (χ1v) is 53.5. The molecule has 11 heterocycles. The lowest BCUT2D eigenvalue weighted by molar-refractivity contribution is -0.165. The van der Waals surface area contributed by atoms with Crippen LogP contribution in [0.15, 0.2) is 97.1 Å². The predicted octanol–water partition coefficient (Wildman–Crippen LogP) is 10.2. The second kappa shape index (κ2) is 47.7. The highest BCUT2D eigenvalue weighted by Gasteiger charge is 2.62. The van der Waals surface area contributed by atoms with E-state index in [4.69, 9.17) is 98.2 Å². The first kappa shape index (κ1) is 111. The van der Waals surface area contributed by atoms with Crippen molar-refractivity contribution in [1.82, 2.24) is 77.3 Å². The van der Waals surface area contributed by atoms with Crippen molar-refractivity contribution in [2.24, 2.45) is 22.9 Å². The van der Waals surface area contributed by atoms with Gasteiger partial charge in [0, 0.05) is 102 Å². The van der Waals surface area contributed by atoms with Crippen LogP contribution in [0.5, 0.6) is 23.0 Å². The van der Waals surface area contributed by atoms with Gasteiger partial charge in [0.25, 0.3) is 23.6 Å². The van der Waals surface area contributed by atoms with Gasteiger partial charge in [-0.1, -0.05) is 79.7 Å². The van der Waals surface area contributed by atoms with E-state index in [0.29, 0.717) is 129 Å². The summed E-state index contributed by atoms with van der Waals surface area (Å²) < 4.78 is 95.0. The molecule has 3 fully saturated rings. The maximum absolute atomic E-state index is 14.1. The molecule has 3 aliphatic rings. The molecule has 0 aliphatic carbocycles. The van der Waals surface area contributed by atoms with E-state index in [0.717, 1.165) is 0 Å². The van der Waals surface area contributed by atoms with E-state index in [9.17, 15) is 48.6 Å². The fourth-order valence-electron chi connectivity index (χ4n) is 19.0. The fraction of sp³-hybridized carbons (Fsp3) is 0.480. The van der Waals surface area contributed by atoms with Gasteiger partial charge >= 0.3 is 17.1 Å². The zero-order valence-electron chi connectivity index (χ0n) is 87.4. The van der Waals surface area contributed by atoms with Gasteiger partial charge < -0.3 is 112 Å². The molecule has 0 bridgehead atoms. The minimum atomic E-state index is -3.02. The number of anilines is 4. The number of ether oxygens (including phenoxy) is 10. The van der Waals surface area contributed by atoms with Crippen LogP contribution in [-0.4, -0.2) is 269 Å². The molecule has 8 amide bonds. The van der Waals surface area contributed by atoms with Crippen LogP contribution >= 0.6 is 0 Å². The van der Waals surface area contributed by atoms with E-state index < -0.39 is 120 Å². The summed E-state index contributed by atoms with van der Waals surface area (Å²) in [6.45, 7) is 34.6. The first-order chi connectivity index (χ1) is 71.2. The molecule has 0 spiro atoms. The molecule has 47 nitrogen and oxygen atoms in total. The molecule has 800 valence electrons. The third kappa shape index (κ3) is 23.5. The van der Waals surface area contributed by atoms with Gasteiger partial charge in [-0.15, -0.1) is 0 Å². The van der Waals surface area contributed by atoms with Gasteiger partial charge in [-0.25, -0.2) is 19.9 Å². The Balaban J connectivity index is 0.000000240. The van der Waals surface area contributed by atoms with Crippen LogP contribution < -0.4 is 63.1 Å². The Morgan fingerprint density at radius 3 is 1.02 bits per heavy atom. The zero-order chi connectivity index (χ0) is 108. The summed E-state index contributed by atoms with van der Waals surface area (Å²) >= 11 is 0. The van der Waals surface area contributed by atoms with Crippen LogP contribution in [0.3, 0.4) is 0 Å². The second-order valence-corrected chi connectivity index (χ2v) is 46.3. The number of aromatic nitrogens is 16. The van der Waals surface area contributed by atoms with Crippen molar-refractivity contribution in [3.05, 3.63) is 165 Å². The fourth-order valence-corrected chi connectivity index (χ4v) is 30.2. The molecule has 3 saturated heterocycles. The number of hydrogen-bond acceptors (Lipinski definition) is 31. The van der Waals surface area contributed by atoms with Crippen molar-refractivity contribution in [2.45, 2.75) is 247 Å². The summed E-state index contributed by atoms with van der Waals surface area (Å²) in [4.78, 5) is 125. The Hall–Kier alpha value is -14.0. The van der Waals surface area contributed by atoms with E-state index >= 15 is 0 Å². The molecule has 149 heavy (non-hydrogen) atoms. The van der Waals surface area contributed by atoms with Gasteiger partial charge in [-0.2, -0.15) is 20.4 Å².